The zero-order valence-electron chi connectivity index (χ0n) is 14.3. The Hall–Kier alpha value is -2.25. The zero-order valence-corrected chi connectivity index (χ0v) is 14.3. The summed E-state index contributed by atoms with van der Waals surface area (Å²) >= 11 is 0. The van der Waals surface area contributed by atoms with Gasteiger partial charge < -0.3 is 15.4 Å². The molecule has 25 heavy (non-hydrogen) atoms. The Labute approximate surface area is 146 Å². The monoisotopic (exact) mass is 345 g/mol. The van der Waals surface area contributed by atoms with Gasteiger partial charge in [-0.15, -0.1) is 0 Å². The Morgan fingerprint density at radius 3 is 2.36 bits per heavy atom. The fraction of sp³-hybridized carbons (Fsp3) is 0.500. The molecule has 1 aromatic carbocycles. The maximum Gasteiger partial charge on any atom is 0.261 e. The number of ether oxygens (including phenoxy) is 1. The Morgan fingerprint density at radius 1 is 1.20 bits per heavy atom. The lowest BCUT2D eigenvalue weighted by Gasteiger charge is -2.35. The average Bonchev–Trinajstić information content (AvgIpc) is 2.88. The van der Waals surface area contributed by atoms with Gasteiger partial charge in [-0.05, 0) is 38.1 Å². The molecule has 7 heteroatoms. The lowest BCUT2D eigenvalue weighted by Crippen LogP contribution is -2.51. The molecule has 2 aliphatic rings. The van der Waals surface area contributed by atoms with Crippen molar-refractivity contribution in [3.63, 3.8) is 0 Å². The maximum absolute atomic E-state index is 12.7. The van der Waals surface area contributed by atoms with Crippen LogP contribution in [0.3, 0.4) is 0 Å². The lowest BCUT2D eigenvalue weighted by atomic mass is 9.78. The first-order chi connectivity index (χ1) is 12.1. The standard InChI is InChI=1S/C18H23N3O4/c1-25-12-18(6-8-19-9-7-18)17(24)20-10-11-21-15(22)13-4-2-3-5-14(13)16(21)23/h2-5,19H,6-12H2,1H3,(H,20,24). The minimum Gasteiger partial charge on any atom is -0.384 e. The Morgan fingerprint density at radius 2 is 1.80 bits per heavy atom. The van der Waals surface area contributed by atoms with Gasteiger partial charge in [-0.1, -0.05) is 12.1 Å². The number of amides is 3. The van der Waals surface area contributed by atoms with Gasteiger partial charge in [0.15, 0.2) is 0 Å². The molecule has 1 saturated heterocycles. The van der Waals surface area contributed by atoms with E-state index >= 15 is 0 Å². The molecule has 0 unspecified atom stereocenters. The highest BCUT2D eigenvalue weighted by Gasteiger charge is 2.40. The predicted octanol–water partition coefficient (Wildman–Crippen LogP) is 0.415. The number of fused-ring (bicyclic) bond motifs is 1. The van der Waals surface area contributed by atoms with E-state index in [-0.39, 0.29) is 30.8 Å². The summed E-state index contributed by atoms with van der Waals surface area (Å²) in [5.74, 6) is -0.681. The van der Waals surface area contributed by atoms with E-state index in [1.165, 1.54) is 4.90 Å². The average molecular weight is 345 g/mol. The third-order valence-electron chi connectivity index (χ3n) is 4.96. The van der Waals surface area contributed by atoms with E-state index in [4.69, 9.17) is 4.74 Å². The van der Waals surface area contributed by atoms with E-state index in [9.17, 15) is 14.4 Å². The van der Waals surface area contributed by atoms with Gasteiger partial charge in [-0.25, -0.2) is 0 Å². The normalized spacial score (nSPS) is 19.0. The van der Waals surface area contributed by atoms with E-state index in [1.54, 1.807) is 31.4 Å². The molecule has 2 aliphatic heterocycles. The number of nitrogens with one attached hydrogen (secondary N) is 2. The highest BCUT2D eigenvalue weighted by atomic mass is 16.5. The molecule has 3 rings (SSSR count). The fourth-order valence-corrected chi connectivity index (χ4v) is 3.53. The van der Waals surface area contributed by atoms with Crippen LogP contribution < -0.4 is 10.6 Å². The van der Waals surface area contributed by atoms with Gasteiger partial charge in [0.25, 0.3) is 11.8 Å². The van der Waals surface area contributed by atoms with Crippen molar-refractivity contribution in [1.82, 2.24) is 15.5 Å². The highest BCUT2D eigenvalue weighted by molar-refractivity contribution is 6.21. The minimum absolute atomic E-state index is 0.0764. The quantitative estimate of drug-likeness (QED) is 0.730. The number of benzene rings is 1. The van der Waals surface area contributed by atoms with Crippen LogP contribution >= 0.6 is 0 Å². The van der Waals surface area contributed by atoms with Crippen LogP contribution in [0.25, 0.3) is 0 Å². The van der Waals surface area contributed by atoms with Gasteiger partial charge in [-0.2, -0.15) is 0 Å². The number of methoxy groups -OCH3 is 1. The Kier molecular flexibility index (Phi) is 5.15. The molecule has 2 heterocycles. The van der Waals surface area contributed by atoms with Crippen LogP contribution in [-0.4, -0.2) is 62.5 Å². The summed E-state index contributed by atoms with van der Waals surface area (Å²) in [7, 11) is 1.59. The van der Waals surface area contributed by atoms with Gasteiger partial charge in [0.05, 0.1) is 23.1 Å². The third-order valence-corrected chi connectivity index (χ3v) is 4.96. The number of imide groups is 1. The Balaban J connectivity index is 1.59. The number of piperidine rings is 1. The summed E-state index contributed by atoms with van der Waals surface area (Å²) in [6, 6.07) is 6.77. The van der Waals surface area contributed by atoms with Gasteiger partial charge in [0.1, 0.15) is 0 Å². The second kappa shape index (κ2) is 7.33. The molecule has 0 bridgehead atoms. The maximum atomic E-state index is 12.7. The first-order valence-electron chi connectivity index (χ1n) is 8.52. The number of carbonyl (C=O) groups excluding carboxylic acids is 3. The van der Waals surface area contributed by atoms with Crippen molar-refractivity contribution < 1.29 is 19.1 Å². The molecule has 3 amide bonds. The van der Waals surface area contributed by atoms with Crippen molar-refractivity contribution in [1.29, 1.82) is 0 Å². The number of carbonyl (C=O) groups is 3. The number of rotatable bonds is 6. The predicted molar refractivity (Wildman–Crippen MR) is 91.2 cm³/mol. The summed E-state index contributed by atoms with van der Waals surface area (Å²) in [6.07, 6.45) is 1.42. The molecule has 2 N–H and O–H groups in total. The molecule has 0 saturated carbocycles. The lowest BCUT2D eigenvalue weighted by molar-refractivity contribution is -0.136. The molecule has 0 aliphatic carbocycles. The van der Waals surface area contributed by atoms with Gasteiger partial charge in [0, 0.05) is 20.2 Å². The van der Waals surface area contributed by atoms with Gasteiger partial charge in [0.2, 0.25) is 5.91 Å². The van der Waals surface area contributed by atoms with E-state index in [2.05, 4.69) is 10.6 Å². The zero-order chi connectivity index (χ0) is 17.9. The molecule has 134 valence electrons. The van der Waals surface area contributed by atoms with Crippen molar-refractivity contribution in [3.05, 3.63) is 35.4 Å². The molecule has 0 atom stereocenters. The van der Waals surface area contributed by atoms with Crippen LogP contribution in [0.5, 0.6) is 0 Å². The summed E-state index contributed by atoms with van der Waals surface area (Å²) < 4.78 is 5.25. The topological polar surface area (TPSA) is 87.7 Å². The molecular weight excluding hydrogens is 322 g/mol. The smallest absolute Gasteiger partial charge is 0.261 e. The van der Waals surface area contributed by atoms with E-state index in [1.807, 2.05) is 0 Å². The van der Waals surface area contributed by atoms with Crippen LogP contribution in [0.1, 0.15) is 33.6 Å². The third kappa shape index (κ3) is 3.29. The van der Waals surface area contributed by atoms with Crippen molar-refractivity contribution in [2.45, 2.75) is 12.8 Å². The highest BCUT2D eigenvalue weighted by Crippen LogP contribution is 2.29. The van der Waals surface area contributed by atoms with Gasteiger partial charge >= 0.3 is 0 Å². The first-order valence-corrected chi connectivity index (χ1v) is 8.52. The van der Waals surface area contributed by atoms with Crippen LogP contribution in [0.15, 0.2) is 24.3 Å². The largest absolute Gasteiger partial charge is 0.384 e. The fourth-order valence-electron chi connectivity index (χ4n) is 3.53. The molecule has 7 nitrogen and oxygen atoms in total. The number of hydrogen-bond acceptors (Lipinski definition) is 5. The minimum atomic E-state index is -0.540. The molecule has 0 aromatic heterocycles. The number of nitrogens with zero attached hydrogens (tertiary/aromatic N) is 1. The van der Waals surface area contributed by atoms with Crippen molar-refractivity contribution in [2.75, 3.05) is 39.9 Å². The molecule has 1 aromatic rings. The molecule has 0 spiro atoms. The van der Waals surface area contributed by atoms with Crippen molar-refractivity contribution in [3.8, 4) is 0 Å². The SMILES string of the molecule is COCC1(C(=O)NCCN2C(=O)c3ccccc3C2=O)CCNCC1. The molecule has 1 fully saturated rings. The van der Waals surface area contributed by atoms with E-state index in [0.717, 1.165) is 13.1 Å². The Bertz CT molecular complexity index is 642. The molecule has 0 radical (unpaired) electrons. The summed E-state index contributed by atoms with van der Waals surface area (Å²) in [5, 5.41) is 6.12. The van der Waals surface area contributed by atoms with Crippen LogP contribution in [0.2, 0.25) is 0 Å². The van der Waals surface area contributed by atoms with Crippen molar-refractivity contribution in [2.24, 2.45) is 5.41 Å². The van der Waals surface area contributed by atoms with E-state index in [0.29, 0.717) is 30.6 Å². The second-order valence-electron chi connectivity index (χ2n) is 6.53. The van der Waals surface area contributed by atoms with E-state index < -0.39 is 5.41 Å². The van der Waals surface area contributed by atoms with Crippen LogP contribution in [0.4, 0.5) is 0 Å². The summed E-state index contributed by atoms with van der Waals surface area (Å²) in [4.78, 5) is 38.5. The van der Waals surface area contributed by atoms with Crippen LogP contribution in [0, 0.1) is 5.41 Å². The van der Waals surface area contributed by atoms with Crippen LogP contribution in [-0.2, 0) is 9.53 Å². The van der Waals surface area contributed by atoms with Crippen molar-refractivity contribution >= 4 is 17.7 Å². The second-order valence-corrected chi connectivity index (χ2v) is 6.53. The summed E-state index contributed by atoms with van der Waals surface area (Å²) in [6.45, 7) is 2.32. The first kappa shape index (κ1) is 17.6. The molecular formula is C18H23N3O4. The summed E-state index contributed by atoms with van der Waals surface area (Å²) in [5.41, 5.74) is 0.309. The van der Waals surface area contributed by atoms with Gasteiger partial charge in [-0.3, -0.25) is 19.3 Å². The number of hydrogen-bond donors (Lipinski definition) is 2.